The van der Waals surface area contributed by atoms with Gasteiger partial charge in [0.2, 0.25) is 0 Å². The number of hydrogen-bond donors (Lipinski definition) is 1. The number of anilines is 2. The topological polar surface area (TPSA) is 94.3 Å². The minimum absolute atomic E-state index is 0.173. The zero-order valence-electron chi connectivity index (χ0n) is 17.0. The smallest absolute Gasteiger partial charge is 0.274 e. The quantitative estimate of drug-likeness (QED) is 0.594. The van der Waals surface area contributed by atoms with E-state index in [1.807, 2.05) is 10.7 Å². The first-order valence-electron chi connectivity index (χ1n) is 9.74. The Kier molecular flexibility index (Phi) is 5.73. The molecule has 4 heterocycles. The van der Waals surface area contributed by atoms with Gasteiger partial charge in [-0.05, 0) is 17.7 Å². The first-order valence-corrected chi connectivity index (χ1v) is 9.74. The molecule has 1 aliphatic heterocycles. The first-order chi connectivity index (χ1) is 14.6. The van der Waals surface area contributed by atoms with E-state index >= 15 is 0 Å². The van der Waals surface area contributed by atoms with Crippen LogP contribution in [0.4, 0.5) is 11.5 Å². The van der Waals surface area contributed by atoms with Gasteiger partial charge in [-0.1, -0.05) is 0 Å². The summed E-state index contributed by atoms with van der Waals surface area (Å²) >= 11 is 0. The number of nitrogens with zero attached hydrogens (tertiary/aromatic N) is 5. The molecule has 0 unspecified atom stereocenters. The highest BCUT2D eigenvalue weighted by Crippen LogP contribution is 2.25. The number of carbonyl (C=O) groups excluding carboxylic acids is 1. The number of nitrogens with one attached hydrogen (secondary N) is 1. The van der Waals surface area contributed by atoms with E-state index in [2.05, 4.69) is 20.3 Å². The number of rotatable bonds is 7. The number of carbonyl (C=O) groups is 1. The van der Waals surface area contributed by atoms with Crippen LogP contribution in [0.3, 0.4) is 0 Å². The van der Waals surface area contributed by atoms with Crippen molar-refractivity contribution in [2.45, 2.75) is 13.1 Å². The van der Waals surface area contributed by atoms with Crippen LogP contribution in [-0.4, -0.2) is 57.3 Å². The van der Waals surface area contributed by atoms with E-state index in [0.717, 1.165) is 49.3 Å². The molecule has 0 atom stereocenters. The zero-order valence-corrected chi connectivity index (χ0v) is 17.0. The van der Waals surface area contributed by atoms with Crippen LogP contribution in [0.5, 0.6) is 0 Å². The fourth-order valence-corrected chi connectivity index (χ4v) is 3.64. The maximum absolute atomic E-state index is 12.7. The number of aldehydes is 1. The van der Waals surface area contributed by atoms with Crippen LogP contribution < -0.4 is 10.9 Å². The van der Waals surface area contributed by atoms with E-state index in [9.17, 15) is 9.59 Å². The van der Waals surface area contributed by atoms with Gasteiger partial charge < -0.3 is 14.6 Å². The number of aromatic nitrogens is 4. The Bertz CT molecular complexity index is 1120. The van der Waals surface area contributed by atoms with Crippen molar-refractivity contribution >= 4 is 17.8 Å². The molecule has 0 bridgehead atoms. The summed E-state index contributed by atoms with van der Waals surface area (Å²) < 4.78 is 8.63. The summed E-state index contributed by atoms with van der Waals surface area (Å²) in [6, 6.07) is 5.47. The molecule has 0 fully saturated rings. The average molecular weight is 408 g/mol. The summed E-state index contributed by atoms with van der Waals surface area (Å²) in [5.41, 5.74) is 3.25. The number of hydrogen-bond acceptors (Lipinski definition) is 7. The Morgan fingerprint density at radius 2 is 2.17 bits per heavy atom. The fourth-order valence-electron chi connectivity index (χ4n) is 3.64. The number of aryl methyl sites for hydroxylation is 1. The lowest BCUT2D eigenvalue weighted by molar-refractivity contribution is 0.112. The molecule has 9 nitrogen and oxygen atoms in total. The van der Waals surface area contributed by atoms with Crippen LogP contribution in [0.2, 0.25) is 0 Å². The Hall–Kier alpha value is -3.30. The van der Waals surface area contributed by atoms with Crippen molar-refractivity contribution in [1.29, 1.82) is 0 Å². The molecule has 0 saturated carbocycles. The average Bonchev–Trinajstić information content (AvgIpc) is 3.16. The lowest BCUT2D eigenvalue weighted by atomic mass is 10.0. The summed E-state index contributed by atoms with van der Waals surface area (Å²) in [4.78, 5) is 30.4. The predicted molar refractivity (Wildman–Crippen MR) is 113 cm³/mol. The Labute approximate surface area is 173 Å². The van der Waals surface area contributed by atoms with Crippen molar-refractivity contribution in [2.75, 3.05) is 32.1 Å². The molecule has 0 aliphatic carbocycles. The SMILES string of the molecule is COCCN1CCn2nc(Nc3cc(-c4ccncc4C=O)cn(C)c3=O)cc2C1. The second-order valence-corrected chi connectivity index (χ2v) is 7.28. The van der Waals surface area contributed by atoms with Crippen LogP contribution in [0, 0.1) is 0 Å². The summed E-state index contributed by atoms with van der Waals surface area (Å²) in [6.45, 7) is 4.05. The lowest BCUT2D eigenvalue weighted by Gasteiger charge is -2.26. The second kappa shape index (κ2) is 8.60. The van der Waals surface area contributed by atoms with E-state index in [-0.39, 0.29) is 5.56 Å². The Morgan fingerprint density at radius 1 is 1.30 bits per heavy atom. The van der Waals surface area contributed by atoms with Gasteiger partial charge in [-0.3, -0.25) is 24.2 Å². The van der Waals surface area contributed by atoms with Gasteiger partial charge in [-0.25, -0.2) is 0 Å². The second-order valence-electron chi connectivity index (χ2n) is 7.28. The van der Waals surface area contributed by atoms with Crippen molar-refractivity contribution in [3.05, 3.63) is 58.4 Å². The Morgan fingerprint density at radius 3 is 2.97 bits per heavy atom. The lowest BCUT2D eigenvalue weighted by Crippen LogP contribution is -2.35. The molecule has 0 saturated heterocycles. The minimum Gasteiger partial charge on any atom is -0.383 e. The molecule has 3 aromatic rings. The molecule has 0 spiro atoms. The molecule has 3 aromatic heterocycles. The molecule has 0 radical (unpaired) electrons. The molecular weight excluding hydrogens is 384 g/mol. The summed E-state index contributed by atoms with van der Waals surface area (Å²) in [5, 5.41) is 7.76. The molecule has 1 aliphatic rings. The summed E-state index contributed by atoms with van der Waals surface area (Å²) in [5.74, 6) is 0.623. The largest absolute Gasteiger partial charge is 0.383 e. The van der Waals surface area contributed by atoms with Gasteiger partial charge in [0.1, 0.15) is 5.69 Å². The molecule has 0 aromatic carbocycles. The van der Waals surface area contributed by atoms with Gasteiger partial charge in [-0.15, -0.1) is 0 Å². The Balaban J connectivity index is 1.62. The molecule has 9 heteroatoms. The maximum Gasteiger partial charge on any atom is 0.274 e. The number of pyridine rings is 2. The van der Waals surface area contributed by atoms with Gasteiger partial charge in [0.15, 0.2) is 12.1 Å². The van der Waals surface area contributed by atoms with Gasteiger partial charge >= 0.3 is 0 Å². The standard InChI is InChI=1S/C21H24N6O3/c1-25-12-15(18-3-4-22-11-16(18)14-28)9-19(21(25)29)23-20-10-17-13-26(7-8-30-2)5-6-27(17)24-20/h3-4,9-12,14H,5-8,13H2,1-2H3,(H,23,24). The van der Waals surface area contributed by atoms with Crippen LogP contribution >= 0.6 is 0 Å². The van der Waals surface area contributed by atoms with Crippen molar-refractivity contribution in [3.8, 4) is 11.1 Å². The molecule has 156 valence electrons. The van der Waals surface area contributed by atoms with Crippen molar-refractivity contribution in [2.24, 2.45) is 7.05 Å². The van der Waals surface area contributed by atoms with E-state index in [1.54, 1.807) is 38.7 Å². The summed E-state index contributed by atoms with van der Waals surface area (Å²) in [6.07, 6.45) is 5.61. The monoisotopic (exact) mass is 408 g/mol. The van der Waals surface area contributed by atoms with Crippen LogP contribution in [0.15, 0.2) is 41.6 Å². The zero-order chi connectivity index (χ0) is 21.1. The third-order valence-electron chi connectivity index (χ3n) is 5.22. The normalized spacial score (nSPS) is 13.8. The fraction of sp³-hybridized carbons (Fsp3) is 0.333. The van der Waals surface area contributed by atoms with Crippen LogP contribution in [0.1, 0.15) is 16.1 Å². The molecule has 30 heavy (non-hydrogen) atoms. The van der Waals surface area contributed by atoms with E-state index in [4.69, 9.17) is 4.74 Å². The minimum atomic E-state index is -0.173. The molecular formula is C21H24N6O3. The van der Waals surface area contributed by atoms with E-state index < -0.39 is 0 Å². The summed E-state index contributed by atoms with van der Waals surface area (Å²) in [7, 11) is 3.39. The maximum atomic E-state index is 12.7. The van der Waals surface area contributed by atoms with Crippen LogP contribution in [0.25, 0.3) is 11.1 Å². The predicted octanol–water partition coefficient (Wildman–Crippen LogP) is 1.66. The van der Waals surface area contributed by atoms with Crippen molar-refractivity contribution in [3.63, 3.8) is 0 Å². The van der Waals surface area contributed by atoms with Gasteiger partial charge in [0, 0.05) is 69.6 Å². The molecule has 1 N–H and O–H groups in total. The van der Waals surface area contributed by atoms with Crippen LogP contribution in [-0.2, 0) is 24.9 Å². The molecule has 4 rings (SSSR count). The number of methoxy groups -OCH3 is 1. The highest BCUT2D eigenvalue weighted by Gasteiger charge is 2.19. The van der Waals surface area contributed by atoms with Gasteiger partial charge in [0.05, 0.1) is 18.8 Å². The van der Waals surface area contributed by atoms with E-state index in [0.29, 0.717) is 23.7 Å². The van der Waals surface area contributed by atoms with E-state index in [1.165, 1.54) is 10.8 Å². The van der Waals surface area contributed by atoms with Gasteiger partial charge in [0.25, 0.3) is 5.56 Å². The highest BCUT2D eigenvalue weighted by atomic mass is 16.5. The first kappa shape index (κ1) is 20.0. The third kappa shape index (κ3) is 4.03. The van der Waals surface area contributed by atoms with Crippen molar-refractivity contribution < 1.29 is 9.53 Å². The third-order valence-corrected chi connectivity index (χ3v) is 5.22. The highest BCUT2D eigenvalue weighted by molar-refractivity contribution is 5.87. The van der Waals surface area contributed by atoms with Gasteiger partial charge in [-0.2, -0.15) is 5.10 Å². The number of fused-ring (bicyclic) bond motifs is 1. The number of ether oxygens (including phenoxy) is 1. The molecule has 0 amide bonds. The van der Waals surface area contributed by atoms with Crippen molar-refractivity contribution in [1.82, 2.24) is 24.2 Å².